The van der Waals surface area contributed by atoms with Crippen molar-refractivity contribution in [2.45, 2.75) is 78.9 Å². The van der Waals surface area contributed by atoms with Crippen molar-refractivity contribution in [2.24, 2.45) is 5.41 Å². The van der Waals surface area contributed by atoms with Gasteiger partial charge in [0, 0.05) is 31.2 Å². The fourth-order valence-corrected chi connectivity index (χ4v) is 3.52. The van der Waals surface area contributed by atoms with Crippen molar-refractivity contribution in [2.75, 3.05) is 40.3 Å². The molecule has 0 spiro atoms. The second-order valence-electron chi connectivity index (χ2n) is 8.65. The van der Waals surface area contributed by atoms with Crippen LogP contribution >= 0.6 is 0 Å². The molecule has 2 heterocycles. The molecule has 1 unspecified atom stereocenters. The summed E-state index contributed by atoms with van der Waals surface area (Å²) in [7, 11) is 4.40. The van der Waals surface area contributed by atoms with Crippen LogP contribution in [0.15, 0.2) is 0 Å². The number of hydrogen-bond acceptors (Lipinski definition) is 3. The zero-order chi connectivity index (χ0) is 16.9. The van der Waals surface area contributed by atoms with Crippen LogP contribution in [0.3, 0.4) is 0 Å². The number of hydrogen-bond donors (Lipinski definition) is 0. The Balaban J connectivity index is 0.000000235. The Kier molecular flexibility index (Phi) is 7.84. The monoisotopic (exact) mass is 311 g/mol. The van der Waals surface area contributed by atoms with Crippen LogP contribution < -0.4 is 0 Å². The zero-order valence-electron chi connectivity index (χ0n) is 16.5. The van der Waals surface area contributed by atoms with E-state index in [0.29, 0.717) is 5.41 Å². The highest BCUT2D eigenvalue weighted by atomic mass is 15.2. The van der Waals surface area contributed by atoms with Crippen molar-refractivity contribution < 1.29 is 0 Å². The van der Waals surface area contributed by atoms with Gasteiger partial charge < -0.3 is 9.80 Å². The van der Waals surface area contributed by atoms with Gasteiger partial charge in [0.2, 0.25) is 0 Å². The van der Waals surface area contributed by atoms with Gasteiger partial charge in [-0.25, -0.2) is 0 Å². The van der Waals surface area contributed by atoms with Crippen molar-refractivity contribution in [3.8, 4) is 0 Å². The minimum atomic E-state index is 0.601. The first-order chi connectivity index (χ1) is 10.2. The Bertz CT molecular complexity index is 296. The van der Waals surface area contributed by atoms with Gasteiger partial charge in [0.1, 0.15) is 0 Å². The molecule has 0 aliphatic carbocycles. The van der Waals surface area contributed by atoms with E-state index < -0.39 is 0 Å². The molecule has 0 saturated carbocycles. The summed E-state index contributed by atoms with van der Waals surface area (Å²) in [6.07, 6.45) is 3.97. The molecule has 2 saturated heterocycles. The highest BCUT2D eigenvalue weighted by Gasteiger charge is 2.34. The summed E-state index contributed by atoms with van der Waals surface area (Å²) in [6.45, 7) is 18.9. The number of likely N-dealkylation sites (tertiary alicyclic amines) is 2. The minimum Gasteiger partial charge on any atom is -0.306 e. The third-order valence-electron chi connectivity index (χ3n) is 5.44. The first-order valence-electron chi connectivity index (χ1n) is 9.30. The molecule has 0 aromatic rings. The number of rotatable bonds is 4. The van der Waals surface area contributed by atoms with Crippen LogP contribution in [0.1, 0.15) is 60.8 Å². The van der Waals surface area contributed by atoms with Gasteiger partial charge >= 0.3 is 0 Å². The van der Waals surface area contributed by atoms with E-state index in [1.807, 2.05) is 0 Å². The van der Waals surface area contributed by atoms with Crippen LogP contribution in [0.25, 0.3) is 0 Å². The molecule has 3 nitrogen and oxygen atoms in total. The lowest BCUT2D eigenvalue weighted by Crippen LogP contribution is -2.55. The fourth-order valence-electron chi connectivity index (χ4n) is 3.52. The highest BCUT2D eigenvalue weighted by Crippen LogP contribution is 2.29. The molecule has 132 valence electrons. The normalized spacial score (nSPS) is 24.8. The SMILES string of the molecule is CC(C)N1CC(C)(C)C1.CCC(C)N1CCC(N(C)C)CC1. The fraction of sp³-hybridized carbons (Fsp3) is 1.00. The lowest BCUT2D eigenvalue weighted by Gasteiger charge is -2.48. The van der Waals surface area contributed by atoms with E-state index in [2.05, 4.69) is 70.3 Å². The topological polar surface area (TPSA) is 9.72 Å². The van der Waals surface area contributed by atoms with E-state index >= 15 is 0 Å². The second-order valence-corrected chi connectivity index (χ2v) is 8.65. The van der Waals surface area contributed by atoms with E-state index in [1.54, 1.807) is 0 Å². The average Bonchev–Trinajstić information content (AvgIpc) is 2.44. The molecule has 2 fully saturated rings. The van der Waals surface area contributed by atoms with Crippen LogP contribution in [0, 0.1) is 5.41 Å². The van der Waals surface area contributed by atoms with Crippen molar-refractivity contribution in [1.82, 2.24) is 14.7 Å². The molecule has 2 aliphatic rings. The summed E-state index contributed by atoms with van der Waals surface area (Å²) >= 11 is 0. The van der Waals surface area contributed by atoms with Crippen LogP contribution in [-0.2, 0) is 0 Å². The second kappa shape index (κ2) is 8.65. The molecule has 22 heavy (non-hydrogen) atoms. The van der Waals surface area contributed by atoms with E-state index in [-0.39, 0.29) is 0 Å². The molecular weight excluding hydrogens is 270 g/mol. The molecule has 0 bridgehead atoms. The Hall–Kier alpha value is -0.120. The van der Waals surface area contributed by atoms with E-state index in [9.17, 15) is 0 Å². The first-order valence-corrected chi connectivity index (χ1v) is 9.30. The smallest absolute Gasteiger partial charge is 0.0113 e. The Morgan fingerprint density at radius 2 is 1.50 bits per heavy atom. The molecule has 2 aliphatic heterocycles. The van der Waals surface area contributed by atoms with Gasteiger partial charge in [0.25, 0.3) is 0 Å². The van der Waals surface area contributed by atoms with Crippen molar-refractivity contribution in [3.63, 3.8) is 0 Å². The summed E-state index contributed by atoms with van der Waals surface area (Å²) in [4.78, 5) is 7.49. The third kappa shape index (κ3) is 6.17. The summed E-state index contributed by atoms with van der Waals surface area (Å²) in [6, 6.07) is 2.35. The molecule has 0 N–H and O–H groups in total. The van der Waals surface area contributed by atoms with Crippen molar-refractivity contribution in [1.29, 1.82) is 0 Å². The summed E-state index contributed by atoms with van der Waals surface area (Å²) < 4.78 is 0. The van der Waals surface area contributed by atoms with Gasteiger partial charge in [-0.1, -0.05) is 20.8 Å². The Morgan fingerprint density at radius 3 is 1.77 bits per heavy atom. The maximum absolute atomic E-state index is 2.62. The van der Waals surface area contributed by atoms with Gasteiger partial charge in [-0.05, 0) is 72.6 Å². The first kappa shape index (κ1) is 19.9. The third-order valence-corrected chi connectivity index (χ3v) is 5.44. The predicted molar refractivity (Wildman–Crippen MR) is 98.5 cm³/mol. The van der Waals surface area contributed by atoms with Crippen LogP contribution in [0.4, 0.5) is 0 Å². The quantitative estimate of drug-likeness (QED) is 0.786. The molecule has 0 aromatic heterocycles. The van der Waals surface area contributed by atoms with E-state index in [4.69, 9.17) is 0 Å². The van der Waals surface area contributed by atoms with Gasteiger partial charge in [0.15, 0.2) is 0 Å². The van der Waals surface area contributed by atoms with E-state index in [0.717, 1.165) is 18.1 Å². The molecular formula is C19H41N3. The maximum Gasteiger partial charge on any atom is 0.0113 e. The Labute approximate surface area is 140 Å². The van der Waals surface area contributed by atoms with Crippen LogP contribution in [0.5, 0.6) is 0 Å². The van der Waals surface area contributed by atoms with Crippen LogP contribution in [0.2, 0.25) is 0 Å². The summed E-state index contributed by atoms with van der Waals surface area (Å²) in [5.74, 6) is 0. The largest absolute Gasteiger partial charge is 0.306 e. The maximum atomic E-state index is 2.62. The van der Waals surface area contributed by atoms with Gasteiger partial charge in [-0.2, -0.15) is 0 Å². The summed E-state index contributed by atoms with van der Waals surface area (Å²) in [5.41, 5.74) is 0.601. The van der Waals surface area contributed by atoms with Crippen molar-refractivity contribution >= 4 is 0 Å². The van der Waals surface area contributed by atoms with Gasteiger partial charge in [-0.3, -0.25) is 4.90 Å². The van der Waals surface area contributed by atoms with Crippen molar-refractivity contribution in [3.05, 3.63) is 0 Å². The van der Waals surface area contributed by atoms with Gasteiger partial charge in [0.05, 0.1) is 0 Å². The lowest BCUT2D eigenvalue weighted by molar-refractivity contribution is 0.00572. The van der Waals surface area contributed by atoms with Gasteiger partial charge in [-0.15, -0.1) is 0 Å². The molecule has 0 radical (unpaired) electrons. The predicted octanol–water partition coefficient (Wildman–Crippen LogP) is 3.55. The van der Waals surface area contributed by atoms with Crippen LogP contribution in [-0.4, -0.2) is 73.1 Å². The molecule has 2 rings (SSSR count). The molecule has 0 amide bonds. The molecule has 1 atom stereocenters. The average molecular weight is 312 g/mol. The standard InChI is InChI=1S/C11H24N2.C8H17N/c1-5-10(2)13-8-6-11(7-9-13)12(3)4;1-7(2)9-5-8(3,4)6-9/h10-11H,5-9H2,1-4H3;7H,5-6H2,1-4H3. The lowest BCUT2D eigenvalue weighted by atomic mass is 9.83. The number of nitrogens with zero attached hydrogens (tertiary/aromatic N) is 3. The zero-order valence-corrected chi connectivity index (χ0v) is 16.5. The molecule has 3 heteroatoms. The highest BCUT2D eigenvalue weighted by molar-refractivity contribution is 4.88. The Morgan fingerprint density at radius 1 is 1.00 bits per heavy atom. The number of piperidine rings is 1. The minimum absolute atomic E-state index is 0.601. The van der Waals surface area contributed by atoms with E-state index in [1.165, 1.54) is 45.4 Å². The molecule has 0 aromatic carbocycles. The summed E-state index contributed by atoms with van der Waals surface area (Å²) in [5, 5.41) is 0.